The summed E-state index contributed by atoms with van der Waals surface area (Å²) in [5.41, 5.74) is 1.17. The zero-order valence-electron chi connectivity index (χ0n) is 12.6. The molecule has 0 saturated carbocycles. The van der Waals surface area contributed by atoms with Crippen molar-refractivity contribution >= 4 is 0 Å². The number of methoxy groups -OCH3 is 1. The van der Waals surface area contributed by atoms with Crippen molar-refractivity contribution in [2.75, 3.05) is 26.8 Å². The van der Waals surface area contributed by atoms with Crippen LogP contribution in [0.5, 0.6) is 11.5 Å². The minimum absolute atomic E-state index is 0.560. The third-order valence-electron chi connectivity index (χ3n) is 3.67. The van der Waals surface area contributed by atoms with E-state index in [2.05, 4.69) is 23.6 Å². The van der Waals surface area contributed by atoms with Gasteiger partial charge >= 0.3 is 0 Å². The summed E-state index contributed by atoms with van der Waals surface area (Å²) in [6, 6.07) is 6.65. The van der Waals surface area contributed by atoms with Gasteiger partial charge in [-0.2, -0.15) is 0 Å². The summed E-state index contributed by atoms with van der Waals surface area (Å²) in [4.78, 5) is 0. The third-order valence-corrected chi connectivity index (χ3v) is 3.67. The SMILES string of the molecule is CCCCOc1c(CN[C@H]2CCNC2)cccc1OC. The minimum Gasteiger partial charge on any atom is -0.493 e. The Balaban J connectivity index is 2.00. The van der Waals surface area contributed by atoms with Gasteiger partial charge in [-0.05, 0) is 25.5 Å². The number of hydrogen-bond acceptors (Lipinski definition) is 4. The first-order chi connectivity index (χ1) is 9.85. The molecule has 4 heteroatoms. The maximum atomic E-state index is 5.93. The molecule has 2 rings (SSSR count). The Morgan fingerprint density at radius 3 is 3.00 bits per heavy atom. The van der Waals surface area contributed by atoms with E-state index in [0.717, 1.165) is 50.6 Å². The van der Waals surface area contributed by atoms with Crippen molar-refractivity contribution in [2.45, 2.75) is 38.8 Å². The summed E-state index contributed by atoms with van der Waals surface area (Å²) in [6.07, 6.45) is 3.39. The highest BCUT2D eigenvalue weighted by Gasteiger charge is 2.15. The van der Waals surface area contributed by atoms with Crippen LogP contribution in [0.1, 0.15) is 31.7 Å². The normalized spacial score (nSPS) is 18.2. The molecule has 1 aromatic rings. The molecular weight excluding hydrogens is 252 g/mol. The second-order valence-electron chi connectivity index (χ2n) is 5.22. The molecule has 1 aliphatic rings. The maximum absolute atomic E-state index is 5.93. The van der Waals surface area contributed by atoms with Crippen molar-refractivity contribution in [3.05, 3.63) is 23.8 Å². The lowest BCUT2D eigenvalue weighted by atomic mass is 10.1. The van der Waals surface area contributed by atoms with Gasteiger partial charge in [-0.3, -0.25) is 0 Å². The quantitative estimate of drug-likeness (QED) is 0.716. The Hall–Kier alpha value is -1.26. The zero-order valence-corrected chi connectivity index (χ0v) is 12.6. The Kier molecular flexibility index (Phi) is 6.15. The Morgan fingerprint density at radius 2 is 2.30 bits per heavy atom. The molecule has 0 unspecified atom stereocenters. The average molecular weight is 278 g/mol. The fraction of sp³-hybridized carbons (Fsp3) is 0.625. The number of benzene rings is 1. The van der Waals surface area contributed by atoms with Gasteiger partial charge in [-0.15, -0.1) is 0 Å². The van der Waals surface area contributed by atoms with Gasteiger partial charge in [-0.25, -0.2) is 0 Å². The molecule has 1 aromatic carbocycles. The highest BCUT2D eigenvalue weighted by molar-refractivity contribution is 5.46. The van der Waals surface area contributed by atoms with Crippen molar-refractivity contribution in [2.24, 2.45) is 0 Å². The number of unbranched alkanes of at least 4 members (excludes halogenated alkanes) is 1. The van der Waals surface area contributed by atoms with E-state index in [1.54, 1.807) is 7.11 Å². The van der Waals surface area contributed by atoms with Gasteiger partial charge in [0.25, 0.3) is 0 Å². The first kappa shape index (κ1) is 15.1. The van der Waals surface area contributed by atoms with Crippen LogP contribution in [-0.4, -0.2) is 32.8 Å². The van der Waals surface area contributed by atoms with Crippen LogP contribution in [-0.2, 0) is 6.54 Å². The van der Waals surface area contributed by atoms with Crippen molar-refractivity contribution in [1.29, 1.82) is 0 Å². The topological polar surface area (TPSA) is 42.5 Å². The van der Waals surface area contributed by atoms with Gasteiger partial charge < -0.3 is 20.1 Å². The molecule has 0 amide bonds. The molecule has 1 saturated heterocycles. The van der Waals surface area contributed by atoms with Crippen LogP contribution >= 0.6 is 0 Å². The standard InChI is InChI=1S/C16H26N2O2/c1-3-4-10-20-16-13(6-5-7-15(16)19-2)11-18-14-8-9-17-12-14/h5-7,14,17-18H,3-4,8-12H2,1-2H3/t14-/m0/s1. The Labute approximate surface area is 121 Å². The predicted molar refractivity (Wildman–Crippen MR) is 81.5 cm³/mol. The molecule has 0 spiro atoms. The fourth-order valence-electron chi connectivity index (χ4n) is 2.43. The number of rotatable bonds is 8. The number of hydrogen-bond donors (Lipinski definition) is 2. The first-order valence-electron chi connectivity index (χ1n) is 7.58. The highest BCUT2D eigenvalue weighted by Crippen LogP contribution is 2.31. The minimum atomic E-state index is 0.560. The second-order valence-corrected chi connectivity index (χ2v) is 5.22. The summed E-state index contributed by atoms with van der Waals surface area (Å²) in [6.45, 7) is 5.90. The van der Waals surface area contributed by atoms with Crippen LogP contribution in [0.2, 0.25) is 0 Å². The average Bonchev–Trinajstić information content (AvgIpc) is 2.99. The lowest BCUT2D eigenvalue weighted by molar-refractivity contribution is 0.284. The molecule has 0 radical (unpaired) electrons. The van der Waals surface area contributed by atoms with Crippen molar-refractivity contribution < 1.29 is 9.47 Å². The molecule has 2 N–H and O–H groups in total. The molecule has 20 heavy (non-hydrogen) atoms. The second kappa shape index (κ2) is 8.12. The molecule has 112 valence electrons. The van der Waals surface area contributed by atoms with Gasteiger partial charge in [0.15, 0.2) is 11.5 Å². The largest absolute Gasteiger partial charge is 0.493 e. The molecule has 1 aliphatic heterocycles. The van der Waals surface area contributed by atoms with Crippen LogP contribution < -0.4 is 20.1 Å². The van der Waals surface area contributed by atoms with E-state index >= 15 is 0 Å². The highest BCUT2D eigenvalue weighted by atomic mass is 16.5. The lowest BCUT2D eigenvalue weighted by Gasteiger charge is -2.17. The number of ether oxygens (including phenoxy) is 2. The van der Waals surface area contributed by atoms with Gasteiger partial charge in [0, 0.05) is 24.7 Å². The summed E-state index contributed by atoms with van der Waals surface area (Å²) in [7, 11) is 1.69. The van der Waals surface area contributed by atoms with Crippen LogP contribution in [0.3, 0.4) is 0 Å². The molecule has 1 fully saturated rings. The Bertz CT molecular complexity index is 403. The summed E-state index contributed by atoms with van der Waals surface area (Å²) >= 11 is 0. The molecular formula is C16H26N2O2. The van der Waals surface area contributed by atoms with Gasteiger partial charge in [0.05, 0.1) is 13.7 Å². The van der Waals surface area contributed by atoms with Crippen molar-refractivity contribution in [3.8, 4) is 11.5 Å². The van der Waals surface area contributed by atoms with E-state index in [1.165, 1.54) is 12.0 Å². The van der Waals surface area contributed by atoms with E-state index in [4.69, 9.17) is 9.47 Å². The lowest BCUT2D eigenvalue weighted by Crippen LogP contribution is -2.30. The molecule has 1 atom stereocenters. The number of para-hydroxylation sites is 1. The molecule has 0 aromatic heterocycles. The van der Waals surface area contributed by atoms with E-state index in [-0.39, 0.29) is 0 Å². The summed E-state index contributed by atoms with van der Waals surface area (Å²) in [5.74, 6) is 1.71. The van der Waals surface area contributed by atoms with Gasteiger partial charge in [-0.1, -0.05) is 25.5 Å². The fourth-order valence-corrected chi connectivity index (χ4v) is 2.43. The van der Waals surface area contributed by atoms with Crippen LogP contribution in [0.25, 0.3) is 0 Å². The zero-order chi connectivity index (χ0) is 14.2. The third kappa shape index (κ3) is 4.12. The molecule has 0 aliphatic carbocycles. The van der Waals surface area contributed by atoms with Gasteiger partial charge in [0.1, 0.15) is 0 Å². The predicted octanol–water partition coefficient (Wildman–Crippen LogP) is 2.33. The van der Waals surface area contributed by atoms with E-state index in [1.807, 2.05) is 12.1 Å². The van der Waals surface area contributed by atoms with Crippen molar-refractivity contribution in [1.82, 2.24) is 10.6 Å². The number of nitrogens with one attached hydrogen (secondary N) is 2. The van der Waals surface area contributed by atoms with Crippen LogP contribution in [0.4, 0.5) is 0 Å². The monoisotopic (exact) mass is 278 g/mol. The summed E-state index contributed by atoms with van der Waals surface area (Å²) in [5, 5.41) is 6.95. The molecule has 1 heterocycles. The van der Waals surface area contributed by atoms with E-state index in [9.17, 15) is 0 Å². The molecule has 0 bridgehead atoms. The van der Waals surface area contributed by atoms with Crippen LogP contribution in [0.15, 0.2) is 18.2 Å². The first-order valence-corrected chi connectivity index (χ1v) is 7.58. The van der Waals surface area contributed by atoms with Crippen LogP contribution in [0, 0.1) is 0 Å². The van der Waals surface area contributed by atoms with Crippen molar-refractivity contribution in [3.63, 3.8) is 0 Å². The van der Waals surface area contributed by atoms with E-state index < -0.39 is 0 Å². The maximum Gasteiger partial charge on any atom is 0.165 e. The Morgan fingerprint density at radius 1 is 1.40 bits per heavy atom. The smallest absolute Gasteiger partial charge is 0.165 e. The summed E-state index contributed by atoms with van der Waals surface area (Å²) < 4.78 is 11.4. The van der Waals surface area contributed by atoms with Gasteiger partial charge in [0.2, 0.25) is 0 Å². The van der Waals surface area contributed by atoms with E-state index in [0.29, 0.717) is 6.04 Å². The molecule has 4 nitrogen and oxygen atoms in total.